The van der Waals surface area contributed by atoms with Crippen LogP contribution in [0.3, 0.4) is 0 Å². The summed E-state index contributed by atoms with van der Waals surface area (Å²) >= 11 is 0. The SMILES string of the molecule is CC(C)NCCNc1ccc2c(c1)ncn2C. The molecule has 0 atom stereocenters. The number of hydrogen-bond acceptors (Lipinski definition) is 3. The van der Waals surface area contributed by atoms with E-state index < -0.39 is 0 Å². The highest BCUT2D eigenvalue weighted by Gasteiger charge is 2.00. The van der Waals surface area contributed by atoms with Gasteiger partial charge < -0.3 is 15.2 Å². The Morgan fingerprint density at radius 3 is 2.88 bits per heavy atom. The summed E-state index contributed by atoms with van der Waals surface area (Å²) in [6, 6.07) is 6.82. The van der Waals surface area contributed by atoms with Crippen LogP contribution in [0.5, 0.6) is 0 Å². The van der Waals surface area contributed by atoms with Crippen molar-refractivity contribution >= 4 is 16.7 Å². The zero-order valence-electron chi connectivity index (χ0n) is 10.7. The second-order valence-corrected chi connectivity index (χ2v) is 4.59. The number of aryl methyl sites for hydroxylation is 1. The van der Waals surface area contributed by atoms with E-state index in [0.29, 0.717) is 6.04 Å². The van der Waals surface area contributed by atoms with Gasteiger partial charge in [0.05, 0.1) is 17.4 Å². The molecule has 1 heterocycles. The second kappa shape index (κ2) is 5.19. The molecule has 2 rings (SSSR count). The molecule has 0 saturated carbocycles. The van der Waals surface area contributed by atoms with Crippen LogP contribution in [-0.4, -0.2) is 28.7 Å². The van der Waals surface area contributed by atoms with E-state index >= 15 is 0 Å². The maximum absolute atomic E-state index is 4.34. The zero-order chi connectivity index (χ0) is 12.3. The Morgan fingerprint density at radius 1 is 1.29 bits per heavy atom. The summed E-state index contributed by atoms with van der Waals surface area (Å²) in [4.78, 5) is 4.34. The van der Waals surface area contributed by atoms with E-state index in [-0.39, 0.29) is 0 Å². The third-order valence-corrected chi connectivity index (χ3v) is 2.73. The number of anilines is 1. The maximum atomic E-state index is 4.34. The van der Waals surface area contributed by atoms with Gasteiger partial charge in [0, 0.05) is 31.9 Å². The lowest BCUT2D eigenvalue weighted by Crippen LogP contribution is -2.28. The number of nitrogens with zero attached hydrogens (tertiary/aromatic N) is 2. The van der Waals surface area contributed by atoms with Crippen LogP contribution in [-0.2, 0) is 7.05 Å². The monoisotopic (exact) mass is 232 g/mol. The largest absolute Gasteiger partial charge is 0.384 e. The van der Waals surface area contributed by atoms with Crippen molar-refractivity contribution in [3.8, 4) is 0 Å². The molecule has 0 aliphatic rings. The molecule has 0 saturated heterocycles. The summed E-state index contributed by atoms with van der Waals surface area (Å²) in [6.07, 6.45) is 1.84. The molecular formula is C13H20N4. The first-order valence-electron chi connectivity index (χ1n) is 6.05. The van der Waals surface area contributed by atoms with Crippen LogP contribution in [0.15, 0.2) is 24.5 Å². The Balaban J connectivity index is 1.95. The van der Waals surface area contributed by atoms with Crippen molar-refractivity contribution in [1.82, 2.24) is 14.9 Å². The highest BCUT2D eigenvalue weighted by molar-refractivity contribution is 5.79. The summed E-state index contributed by atoms with van der Waals surface area (Å²) < 4.78 is 2.03. The molecule has 1 aromatic carbocycles. The quantitative estimate of drug-likeness (QED) is 0.775. The number of hydrogen-bond donors (Lipinski definition) is 2. The zero-order valence-corrected chi connectivity index (χ0v) is 10.7. The molecule has 0 radical (unpaired) electrons. The smallest absolute Gasteiger partial charge is 0.0955 e. The topological polar surface area (TPSA) is 41.9 Å². The van der Waals surface area contributed by atoms with Crippen LogP contribution >= 0.6 is 0 Å². The molecule has 2 aromatic rings. The van der Waals surface area contributed by atoms with Crippen LogP contribution in [0, 0.1) is 0 Å². The lowest BCUT2D eigenvalue weighted by Gasteiger charge is -2.10. The second-order valence-electron chi connectivity index (χ2n) is 4.59. The molecule has 0 amide bonds. The Labute approximate surface area is 102 Å². The predicted molar refractivity (Wildman–Crippen MR) is 72.3 cm³/mol. The Bertz CT molecular complexity index is 487. The standard InChI is InChI=1S/C13H20N4/c1-10(2)14-6-7-15-11-4-5-13-12(8-11)16-9-17(13)3/h4-5,8-10,14-15H,6-7H2,1-3H3. The number of fused-ring (bicyclic) bond motifs is 1. The summed E-state index contributed by atoms with van der Waals surface area (Å²) in [5.74, 6) is 0. The van der Waals surface area contributed by atoms with Gasteiger partial charge in [-0.3, -0.25) is 0 Å². The molecule has 92 valence electrons. The molecular weight excluding hydrogens is 212 g/mol. The van der Waals surface area contributed by atoms with Crippen LogP contribution in [0.25, 0.3) is 11.0 Å². The lowest BCUT2D eigenvalue weighted by atomic mass is 10.2. The third kappa shape index (κ3) is 2.97. The fourth-order valence-corrected chi connectivity index (χ4v) is 1.81. The highest BCUT2D eigenvalue weighted by atomic mass is 15.0. The summed E-state index contributed by atoms with van der Waals surface area (Å²) in [5.41, 5.74) is 3.33. The first-order chi connectivity index (χ1) is 8.16. The van der Waals surface area contributed by atoms with Gasteiger partial charge in [-0.2, -0.15) is 0 Å². The first-order valence-corrected chi connectivity index (χ1v) is 6.05. The number of rotatable bonds is 5. The molecule has 0 aliphatic carbocycles. The van der Waals surface area contributed by atoms with Gasteiger partial charge in [-0.25, -0.2) is 4.98 Å². The number of nitrogens with one attached hydrogen (secondary N) is 2. The average molecular weight is 232 g/mol. The molecule has 17 heavy (non-hydrogen) atoms. The van der Waals surface area contributed by atoms with Gasteiger partial charge in [0.2, 0.25) is 0 Å². The molecule has 0 spiro atoms. The van der Waals surface area contributed by atoms with Gasteiger partial charge in [0.25, 0.3) is 0 Å². The normalized spacial score (nSPS) is 11.3. The van der Waals surface area contributed by atoms with Gasteiger partial charge in [-0.05, 0) is 18.2 Å². The average Bonchev–Trinajstić information content (AvgIpc) is 2.66. The summed E-state index contributed by atoms with van der Waals surface area (Å²) in [6.45, 7) is 6.20. The molecule has 0 fully saturated rings. The van der Waals surface area contributed by atoms with E-state index in [9.17, 15) is 0 Å². The van der Waals surface area contributed by atoms with Crippen LogP contribution in [0.2, 0.25) is 0 Å². The van der Waals surface area contributed by atoms with Crippen molar-refractivity contribution in [2.45, 2.75) is 19.9 Å². The first kappa shape index (κ1) is 11.9. The minimum absolute atomic E-state index is 0.537. The molecule has 0 unspecified atom stereocenters. The van der Waals surface area contributed by atoms with Crippen LogP contribution in [0.4, 0.5) is 5.69 Å². The molecule has 0 aliphatic heterocycles. The van der Waals surface area contributed by atoms with E-state index in [1.807, 2.05) is 17.9 Å². The van der Waals surface area contributed by atoms with Crippen LogP contribution < -0.4 is 10.6 Å². The third-order valence-electron chi connectivity index (χ3n) is 2.73. The van der Waals surface area contributed by atoms with E-state index in [4.69, 9.17) is 0 Å². The predicted octanol–water partition coefficient (Wildman–Crippen LogP) is 1.98. The van der Waals surface area contributed by atoms with E-state index in [0.717, 1.165) is 29.8 Å². The Morgan fingerprint density at radius 2 is 2.12 bits per heavy atom. The number of imidazole rings is 1. The number of aromatic nitrogens is 2. The van der Waals surface area contributed by atoms with Crippen molar-refractivity contribution in [2.24, 2.45) is 7.05 Å². The lowest BCUT2D eigenvalue weighted by molar-refractivity contribution is 0.602. The number of benzene rings is 1. The van der Waals surface area contributed by atoms with Gasteiger partial charge >= 0.3 is 0 Å². The minimum Gasteiger partial charge on any atom is -0.384 e. The van der Waals surface area contributed by atoms with Crippen LogP contribution in [0.1, 0.15) is 13.8 Å². The molecule has 2 N–H and O–H groups in total. The maximum Gasteiger partial charge on any atom is 0.0955 e. The van der Waals surface area contributed by atoms with Crippen molar-refractivity contribution < 1.29 is 0 Å². The van der Waals surface area contributed by atoms with Gasteiger partial charge in [-0.15, -0.1) is 0 Å². The van der Waals surface area contributed by atoms with E-state index in [2.05, 4.69) is 47.7 Å². The van der Waals surface area contributed by atoms with Crippen molar-refractivity contribution in [2.75, 3.05) is 18.4 Å². The Hall–Kier alpha value is -1.55. The van der Waals surface area contributed by atoms with Crippen molar-refractivity contribution in [1.29, 1.82) is 0 Å². The Kier molecular flexibility index (Phi) is 3.64. The fourth-order valence-electron chi connectivity index (χ4n) is 1.81. The minimum atomic E-state index is 0.537. The van der Waals surface area contributed by atoms with Gasteiger partial charge in [-0.1, -0.05) is 13.8 Å². The van der Waals surface area contributed by atoms with E-state index in [1.54, 1.807) is 0 Å². The highest BCUT2D eigenvalue weighted by Crippen LogP contribution is 2.16. The molecule has 0 bridgehead atoms. The van der Waals surface area contributed by atoms with Gasteiger partial charge in [0.15, 0.2) is 0 Å². The summed E-state index contributed by atoms with van der Waals surface area (Å²) in [5, 5.41) is 6.76. The van der Waals surface area contributed by atoms with Crippen molar-refractivity contribution in [3.05, 3.63) is 24.5 Å². The summed E-state index contributed by atoms with van der Waals surface area (Å²) in [7, 11) is 2.01. The fraction of sp³-hybridized carbons (Fsp3) is 0.462. The molecule has 4 heteroatoms. The molecule has 4 nitrogen and oxygen atoms in total. The van der Waals surface area contributed by atoms with E-state index in [1.165, 1.54) is 0 Å². The molecule has 1 aromatic heterocycles. The van der Waals surface area contributed by atoms with Crippen molar-refractivity contribution in [3.63, 3.8) is 0 Å². The van der Waals surface area contributed by atoms with Gasteiger partial charge in [0.1, 0.15) is 0 Å².